The van der Waals surface area contributed by atoms with Gasteiger partial charge in [-0.3, -0.25) is 0 Å². The van der Waals surface area contributed by atoms with Crippen LogP contribution in [0.4, 0.5) is 0 Å². The van der Waals surface area contributed by atoms with Gasteiger partial charge >= 0.3 is 0 Å². The highest BCUT2D eigenvalue weighted by molar-refractivity contribution is 5.63. The molecule has 1 unspecified atom stereocenters. The summed E-state index contributed by atoms with van der Waals surface area (Å²) in [6.07, 6.45) is 4.11. The van der Waals surface area contributed by atoms with Crippen molar-refractivity contribution in [1.29, 1.82) is 0 Å². The van der Waals surface area contributed by atoms with Gasteiger partial charge in [0.2, 0.25) is 12.5 Å². The molecule has 1 aliphatic rings. The van der Waals surface area contributed by atoms with E-state index >= 15 is 0 Å². The van der Waals surface area contributed by atoms with Gasteiger partial charge < -0.3 is 19.5 Å². The molecule has 0 saturated carbocycles. The van der Waals surface area contributed by atoms with Gasteiger partial charge in [-0.25, -0.2) is 0 Å². The third-order valence-corrected chi connectivity index (χ3v) is 2.71. The fourth-order valence-corrected chi connectivity index (χ4v) is 1.60. The van der Waals surface area contributed by atoms with Gasteiger partial charge in [-0.15, -0.1) is 0 Å². The zero-order valence-electron chi connectivity index (χ0n) is 10.3. The molecule has 0 radical (unpaired) electrons. The Kier molecular flexibility index (Phi) is 3.54. The van der Waals surface area contributed by atoms with Crippen molar-refractivity contribution in [2.24, 2.45) is 0 Å². The number of benzene rings is 1. The van der Waals surface area contributed by atoms with Crippen LogP contribution < -0.4 is 19.5 Å². The number of hydrogen-bond donors (Lipinski definition) is 1. The lowest BCUT2D eigenvalue weighted by Crippen LogP contribution is -2.17. The van der Waals surface area contributed by atoms with Crippen LogP contribution in [0.25, 0.3) is 6.08 Å². The fraction of sp³-hybridized carbons (Fsp3) is 0.385. The zero-order chi connectivity index (χ0) is 12.3. The van der Waals surface area contributed by atoms with E-state index in [1.165, 1.54) is 0 Å². The molecule has 1 atom stereocenters. The largest absolute Gasteiger partial charge is 0.493 e. The number of hydrogen-bond acceptors (Lipinski definition) is 4. The summed E-state index contributed by atoms with van der Waals surface area (Å²) in [7, 11) is 3.55. The maximum absolute atomic E-state index is 5.36. The maximum atomic E-state index is 5.36. The second-order valence-electron chi connectivity index (χ2n) is 3.89. The van der Waals surface area contributed by atoms with E-state index in [-0.39, 0.29) is 6.79 Å². The molecular formula is C13H17NO3. The van der Waals surface area contributed by atoms with Crippen LogP contribution in [0.5, 0.6) is 17.2 Å². The van der Waals surface area contributed by atoms with E-state index < -0.39 is 0 Å². The molecule has 0 amide bonds. The van der Waals surface area contributed by atoms with Crippen LogP contribution in [-0.2, 0) is 0 Å². The van der Waals surface area contributed by atoms with Gasteiger partial charge in [0.15, 0.2) is 11.5 Å². The summed E-state index contributed by atoms with van der Waals surface area (Å²) in [5.74, 6) is 2.13. The lowest BCUT2D eigenvalue weighted by Gasteiger charge is -2.06. The van der Waals surface area contributed by atoms with E-state index in [2.05, 4.69) is 18.3 Å². The molecule has 4 heteroatoms. The summed E-state index contributed by atoms with van der Waals surface area (Å²) in [5.41, 5.74) is 1.04. The summed E-state index contributed by atoms with van der Waals surface area (Å²) >= 11 is 0. The highest BCUT2D eigenvalue weighted by Crippen LogP contribution is 2.42. The minimum Gasteiger partial charge on any atom is -0.493 e. The Hall–Kier alpha value is -1.68. The Bertz CT molecular complexity index is 429. The van der Waals surface area contributed by atoms with Crippen LogP contribution in [0.2, 0.25) is 0 Å². The van der Waals surface area contributed by atoms with Crippen molar-refractivity contribution in [2.45, 2.75) is 13.0 Å². The van der Waals surface area contributed by atoms with Crippen LogP contribution in [0.3, 0.4) is 0 Å². The molecule has 0 saturated heterocycles. The minimum atomic E-state index is 0.256. The van der Waals surface area contributed by atoms with Gasteiger partial charge in [0, 0.05) is 6.04 Å². The molecule has 0 aliphatic carbocycles. The number of nitrogens with one attached hydrogen (secondary N) is 1. The van der Waals surface area contributed by atoms with Gasteiger partial charge in [-0.05, 0) is 31.7 Å². The zero-order valence-corrected chi connectivity index (χ0v) is 10.3. The summed E-state index contributed by atoms with van der Waals surface area (Å²) in [6, 6.07) is 4.21. The Balaban J connectivity index is 2.27. The number of rotatable bonds is 4. The first-order chi connectivity index (χ1) is 8.24. The van der Waals surface area contributed by atoms with Crippen molar-refractivity contribution in [3.63, 3.8) is 0 Å². The Morgan fingerprint density at radius 1 is 1.41 bits per heavy atom. The summed E-state index contributed by atoms with van der Waals surface area (Å²) in [6.45, 7) is 2.34. The van der Waals surface area contributed by atoms with Crippen molar-refractivity contribution >= 4 is 6.08 Å². The highest BCUT2D eigenvalue weighted by atomic mass is 16.7. The highest BCUT2D eigenvalue weighted by Gasteiger charge is 2.19. The molecule has 0 bridgehead atoms. The van der Waals surface area contributed by atoms with Gasteiger partial charge in [-0.2, -0.15) is 0 Å². The van der Waals surface area contributed by atoms with Gasteiger partial charge in [0.1, 0.15) is 0 Å². The molecule has 17 heavy (non-hydrogen) atoms. The third kappa shape index (κ3) is 2.53. The van der Waals surface area contributed by atoms with Crippen molar-refractivity contribution in [3.8, 4) is 17.2 Å². The molecule has 1 aromatic rings. The van der Waals surface area contributed by atoms with E-state index in [0.29, 0.717) is 17.5 Å². The predicted molar refractivity (Wildman–Crippen MR) is 66.7 cm³/mol. The average Bonchev–Trinajstić information content (AvgIpc) is 2.82. The van der Waals surface area contributed by atoms with Gasteiger partial charge in [-0.1, -0.05) is 12.2 Å². The Morgan fingerprint density at radius 2 is 2.24 bits per heavy atom. The molecule has 0 spiro atoms. The van der Waals surface area contributed by atoms with Gasteiger partial charge in [0.25, 0.3) is 0 Å². The van der Waals surface area contributed by atoms with Crippen molar-refractivity contribution in [2.75, 3.05) is 21.0 Å². The maximum Gasteiger partial charge on any atom is 0.231 e. The molecule has 1 aliphatic heterocycles. The Morgan fingerprint density at radius 3 is 2.94 bits per heavy atom. The molecule has 0 fully saturated rings. The van der Waals surface area contributed by atoms with Crippen molar-refractivity contribution in [1.82, 2.24) is 5.32 Å². The van der Waals surface area contributed by atoms with Crippen LogP contribution >= 0.6 is 0 Å². The summed E-state index contributed by atoms with van der Waals surface area (Å²) in [5, 5.41) is 3.14. The number of methoxy groups -OCH3 is 1. The first-order valence-corrected chi connectivity index (χ1v) is 5.57. The molecule has 92 valence electrons. The molecule has 1 heterocycles. The van der Waals surface area contributed by atoms with Crippen LogP contribution in [-0.4, -0.2) is 27.0 Å². The van der Waals surface area contributed by atoms with Crippen LogP contribution in [0.1, 0.15) is 12.5 Å². The second-order valence-corrected chi connectivity index (χ2v) is 3.89. The fourth-order valence-electron chi connectivity index (χ4n) is 1.60. The predicted octanol–water partition coefficient (Wildman–Crippen LogP) is 2.04. The molecule has 4 nitrogen and oxygen atoms in total. The molecule has 1 N–H and O–H groups in total. The number of fused-ring (bicyclic) bond motifs is 1. The topological polar surface area (TPSA) is 39.7 Å². The first kappa shape index (κ1) is 11.8. The molecule has 1 aromatic carbocycles. The summed E-state index contributed by atoms with van der Waals surface area (Å²) < 4.78 is 16.0. The Labute approximate surface area is 101 Å². The third-order valence-electron chi connectivity index (χ3n) is 2.71. The smallest absolute Gasteiger partial charge is 0.231 e. The van der Waals surface area contributed by atoms with Crippen molar-refractivity contribution in [3.05, 3.63) is 23.8 Å². The van der Waals surface area contributed by atoms with Crippen LogP contribution in [0, 0.1) is 0 Å². The lowest BCUT2D eigenvalue weighted by molar-refractivity contribution is 0.171. The average molecular weight is 235 g/mol. The summed E-state index contributed by atoms with van der Waals surface area (Å²) in [4.78, 5) is 0. The lowest BCUT2D eigenvalue weighted by atomic mass is 10.1. The molecular weight excluding hydrogens is 218 g/mol. The standard InChI is InChI=1S/C13H17NO3/c1-9(14-2)4-5-10-6-11(15-3)13-12(7-10)16-8-17-13/h4-7,9,14H,8H2,1-3H3/b5-4+. The van der Waals surface area contributed by atoms with Gasteiger partial charge in [0.05, 0.1) is 7.11 Å². The normalized spacial score (nSPS) is 15.2. The minimum absolute atomic E-state index is 0.256. The van der Waals surface area contributed by atoms with E-state index in [9.17, 15) is 0 Å². The van der Waals surface area contributed by atoms with E-state index in [0.717, 1.165) is 11.3 Å². The first-order valence-electron chi connectivity index (χ1n) is 5.57. The molecule has 0 aromatic heterocycles. The second kappa shape index (κ2) is 5.10. The van der Waals surface area contributed by atoms with Crippen LogP contribution in [0.15, 0.2) is 18.2 Å². The number of ether oxygens (including phenoxy) is 3. The van der Waals surface area contributed by atoms with E-state index in [4.69, 9.17) is 14.2 Å². The molecule has 2 rings (SSSR count). The van der Waals surface area contributed by atoms with Crippen molar-refractivity contribution < 1.29 is 14.2 Å². The number of likely N-dealkylation sites (N-methyl/N-ethyl adjacent to an activating group) is 1. The van der Waals surface area contributed by atoms with E-state index in [1.54, 1.807) is 7.11 Å². The SMILES string of the molecule is CNC(C)/C=C/c1cc(OC)c2c(c1)OCO2. The monoisotopic (exact) mass is 235 g/mol. The van der Waals surface area contributed by atoms with E-state index in [1.807, 2.05) is 25.3 Å². The quantitative estimate of drug-likeness (QED) is 0.867.